The molecule has 0 bridgehead atoms. The first-order chi connectivity index (χ1) is 10.7. The van der Waals surface area contributed by atoms with Crippen LogP contribution in [0.5, 0.6) is 5.75 Å². The standard InChI is InChI=1S/C16H18ClNO3S/c17-13-4-6-15(7-5-13)21-10-9-20-11-14(19)12-22-16-3-1-2-8-18-16/h1-8,14,19H,9-12H2/t14-/m0/s1. The molecule has 118 valence electrons. The fraction of sp³-hybridized carbons (Fsp3) is 0.312. The van der Waals surface area contributed by atoms with Crippen LogP contribution in [0.25, 0.3) is 0 Å². The van der Waals surface area contributed by atoms with Crippen LogP contribution in [-0.2, 0) is 4.74 Å². The Kier molecular flexibility index (Phi) is 7.53. The summed E-state index contributed by atoms with van der Waals surface area (Å²) >= 11 is 7.30. The van der Waals surface area contributed by atoms with Crippen molar-refractivity contribution in [2.45, 2.75) is 11.1 Å². The number of pyridine rings is 1. The molecule has 1 aromatic carbocycles. The Morgan fingerprint density at radius 3 is 2.68 bits per heavy atom. The van der Waals surface area contributed by atoms with Crippen LogP contribution in [0.15, 0.2) is 53.7 Å². The van der Waals surface area contributed by atoms with Crippen LogP contribution >= 0.6 is 23.4 Å². The minimum atomic E-state index is -0.525. The van der Waals surface area contributed by atoms with Gasteiger partial charge in [-0.2, -0.15) is 0 Å². The largest absolute Gasteiger partial charge is 0.491 e. The first-order valence-corrected chi connectivity index (χ1v) is 8.28. The summed E-state index contributed by atoms with van der Waals surface area (Å²) in [6, 6.07) is 12.9. The molecule has 1 N–H and O–H groups in total. The maximum Gasteiger partial charge on any atom is 0.119 e. The number of aliphatic hydroxyl groups excluding tert-OH is 1. The monoisotopic (exact) mass is 339 g/mol. The third-order valence-corrected chi connectivity index (χ3v) is 4.02. The van der Waals surface area contributed by atoms with Crippen molar-refractivity contribution in [3.05, 3.63) is 53.7 Å². The van der Waals surface area contributed by atoms with Gasteiger partial charge in [-0.1, -0.05) is 17.7 Å². The van der Waals surface area contributed by atoms with E-state index in [2.05, 4.69) is 4.98 Å². The topological polar surface area (TPSA) is 51.6 Å². The lowest BCUT2D eigenvalue weighted by Gasteiger charge is -2.11. The molecule has 1 heterocycles. The molecular weight excluding hydrogens is 322 g/mol. The molecule has 2 aromatic rings. The fourth-order valence-electron chi connectivity index (χ4n) is 1.63. The smallest absolute Gasteiger partial charge is 0.119 e. The maximum absolute atomic E-state index is 9.83. The van der Waals surface area contributed by atoms with Gasteiger partial charge in [-0.05, 0) is 36.4 Å². The van der Waals surface area contributed by atoms with E-state index in [1.165, 1.54) is 11.8 Å². The van der Waals surface area contributed by atoms with Crippen molar-refractivity contribution in [1.29, 1.82) is 0 Å². The van der Waals surface area contributed by atoms with Gasteiger partial charge >= 0.3 is 0 Å². The van der Waals surface area contributed by atoms with Crippen molar-refractivity contribution in [3.8, 4) is 5.75 Å². The molecule has 0 aliphatic carbocycles. The number of thioether (sulfide) groups is 1. The lowest BCUT2D eigenvalue weighted by molar-refractivity contribution is 0.0348. The zero-order chi connectivity index (χ0) is 15.6. The van der Waals surface area contributed by atoms with Crippen molar-refractivity contribution < 1.29 is 14.6 Å². The highest BCUT2D eigenvalue weighted by Gasteiger charge is 2.06. The predicted octanol–water partition coefficient (Wildman–Crippen LogP) is 3.28. The second-order valence-electron chi connectivity index (χ2n) is 4.51. The van der Waals surface area contributed by atoms with Gasteiger partial charge in [-0.25, -0.2) is 4.98 Å². The zero-order valence-corrected chi connectivity index (χ0v) is 13.6. The van der Waals surface area contributed by atoms with Gasteiger partial charge in [-0.15, -0.1) is 11.8 Å². The number of ether oxygens (including phenoxy) is 2. The van der Waals surface area contributed by atoms with Crippen molar-refractivity contribution in [2.75, 3.05) is 25.6 Å². The predicted molar refractivity (Wildman–Crippen MR) is 88.7 cm³/mol. The highest BCUT2D eigenvalue weighted by Crippen LogP contribution is 2.16. The first-order valence-electron chi connectivity index (χ1n) is 6.92. The summed E-state index contributed by atoms with van der Waals surface area (Å²) in [7, 11) is 0. The van der Waals surface area contributed by atoms with E-state index in [9.17, 15) is 5.11 Å². The molecule has 4 nitrogen and oxygen atoms in total. The molecule has 1 atom stereocenters. The zero-order valence-electron chi connectivity index (χ0n) is 12.0. The van der Waals surface area contributed by atoms with Crippen molar-refractivity contribution >= 4 is 23.4 Å². The molecule has 0 unspecified atom stereocenters. The van der Waals surface area contributed by atoms with Gasteiger partial charge in [0.15, 0.2) is 0 Å². The van der Waals surface area contributed by atoms with Crippen LogP contribution in [-0.4, -0.2) is 41.8 Å². The van der Waals surface area contributed by atoms with E-state index in [1.807, 2.05) is 18.2 Å². The van der Waals surface area contributed by atoms with E-state index in [-0.39, 0.29) is 6.61 Å². The minimum Gasteiger partial charge on any atom is -0.491 e. The summed E-state index contributed by atoms with van der Waals surface area (Å²) < 4.78 is 10.9. The van der Waals surface area contributed by atoms with Crippen LogP contribution in [0, 0.1) is 0 Å². The van der Waals surface area contributed by atoms with Crippen LogP contribution in [0.1, 0.15) is 0 Å². The van der Waals surface area contributed by atoms with E-state index in [4.69, 9.17) is 21.1 Å². The Labute approximate surface area is 139 Å². The summed E-state index contributed by atoms with van der Waals surface area (Å²) in [5, 5.41) is 11.4. The van der Waals surface area contributed by atoms with E-state index in [1.54, 1.807) is 30.5 Å². The maximum atomic E-state index is 9.83. The second-order valence-corrected chi connectivity index (χ2v) is 5.99. The Balaban J connectivity index is 1.53. The van der Waals surface area contributed by atoms with E-state index >= 15 is 0 Å². The minimum absolute atomic E-state index is 0.282. The number of nitrogens with zero attached hydrogens (tertiary/aromatic N) is 1. The van der Waals surface area contributed by atoms with Crippen LogP contribution in [0.2, 0.25) is 5.02 Å². The molecule has 0 aliphatic heterocycles. The Morgan fingerprint density at radius 2 is 1.95 bits per heavy atom. The molecule has 0 saturated heterocycles. The fourth-order valence-corrected chi connectivity index (χ4v) is 2.53. The first kappa shape index (κ1) is 17.1. The highest BCUT2D eigenvalue weighted by atomic mass is 35.5. The van der Waals surface area contributed by atoms with Crippen molar-refractivity contribution in [1.82, 2.24) is 4.98 Å². The van der Waals surface area contributed by atoms with Gasteiger partial charge in [0.05, 0.1) is 24.3 Å². The Morgan fingerprint density at radius 1 is 1.14 bits per heavy atom. The molecule has 2 rings (SSSR count). The van der Waals surface area contributed by atoms with Crippen LogP contribution < -0.4 is 4.74 Å². The number of rotatable bonds is 9. The van der Waals surface area contributed by atoms with Gasteiger partial charge in [0, 0.05) is 17.0 Å². The quantitative estimate of drug-likeness (QED) is 0.561. The van der Waals surface area contributed by atoms with Gasteiger partial charge < -0.3 is 14.6 Å². The Hall–Kier alpha value is -1.27. The van der Waals surface area contributed by atoms with Gasteiger partial charge in [-0.3, -0.25) is 0 Å². The summed E-state index contributed by atoms with van der Waals surface area (Å²) in [5.74, 6) is 1.30. The number of aromatic nitrogens is 1. The molecule has 0 fully saturated rings. The normalized spacial score (nSPS) is 12.1. The number of hydrogen-bond donors (Lipinski definition) is 1. The number of halogens is 1. The molecule has 1 aromatic heterocycles. The summed E-state index contributed by atoms with van der Waals surface area (Å²) in [5.41, 5.74) is 0. The molecule has 22 heavy (non-hydrogen) atoms. The van der Waals surface area contributed by atoms with Gasteiger partial charge in [0.1, 0.15) is 12.4 Å². The highest BCUT2D eigenvalue weighted by molar-refractivity contribution is 7.99. The lowest BCUT2D eigenvalue weighted by Crippen LogP contribution is -2.20. The third-order valence-electron chi connectivity index (χ3n) is 2.68. The van der Waals surface area contributed by atoms with Gasteiger partial charge in [0.25, 0.3) is 0 Å². The van der Waals surface area contributed by atoms with Crippen molar-refractivity contribution in [2.24, 2.45) is 0 Å². The van der Waals surface area contributed by atoms with Crippen LogP contribution in [0.4, 0.5) is 0 Å². The Bertz CT molecular complexity index is 539. The summed E-state index contributed by atoms with van der Waals surface area (Å²) in [4.78, 5) is 4.18. The van der Waals surface area contributed by atoms with Crippen LogP contribution in [0.3, 0.4) is 0 Å². The van der Waals surface area contributed by atoms with E-state index < -0.39 is 6.10 Å². The molecule has 0 spiro atoms. The average molecular weight is 340 g/mol. The third kappa shape index (κ3) is 6.66. The van der Waals surface area contributed by atoms with E-state index in [0.717, 1.165) is 10.8 Å². The average Bonchev–Trinajstić information content (AvgIpc) is 2.55. The molecule has 6 heteroatoms. The molecule has 0 saturated carbocycles. The SMILES string of the molecule is O[C@@H](COCCOc1ccc(Cl)cc1)CSc1ccccn1. The van der Waals surface area contributed by atoms with E-state index in [0.29, 0.717) is 24.0 Å². The molecule has 0 aliphatic rings. The lowest BCUT2D eigenvalue weighted by atomic mass is 10.3. The number of aliphatic hydroxyl groups is 1. The summed E-state index contributed by atoms with van der Waals surface area (Å²) in [6.45, 7) is 1.14. The molecule has 0 radical (unpaired) electrons. The second kappa shape index (κ2) is 9.69. The van der Waals surface area contributed by atoms with Crippen molar-refractivity contribution in [3.63, 3.8) is 0 Å². The summed E-state index contributed by atoms with van der Waals surface area (Å²) in [6.07, 6.45) is 1.21. The number of benzene rings is 1. The molecular formula is C16H18ClNO3S. The van der Waals surface area contributed by atoms with Gasteiger partial charge in [0.2, 0.25) is 0 Å². The molecule has 0 amide bonds. The number of hydrogen-bond acceptors (Lipinski definition) is 5.